The van der Waals surface area contributed by atoms with Crippen LogP contribution in [-0.4, -0.2) is 59.0 Å². The third kappa shape index (κ3) is 7.98. The van der Waals surface area contributed by atoms with Gasteiger partial charge in [0.25, 0.3) is 0 Å². The maximum Gasteiger partial charge on any atom is 0.222 e. The van der Waals surface area contributed by atoms with Gasteiger partial charge in [-0.25, -0.2) is 9.67 Å². The normalized spacial score (nSPS) is 17.3. The van der Waals surface area contributed by atoms with Crippen LogP contribution in [0.15, 0.2) is 48.2 Å². The lowest BCUT2D eigenvalue weighted by Gasteiger charge is -2.33. The van der Waals surface area contributed by atoms with E-state index in [1.165, 1.54) is 40.7 Å². The second-order valence-corrected chi connectivity index (χ2v) is 12.1. The molecule has 7 heteroatoms. The van der Waals surface area contributed by atoms with Crippen LogP contribution in [0.2, 0.25) is 0 Å². The Morgan fingerprint density at radius 2 is 1.80 bits per heavy atom. The zero-order valence-electron chi connectivity index (χ0n) is 28.0. The molecule has 0 bridgehead atoms. The number of rotatable bonds is 9. The molecule has 1 fully saturated rings. The molecule has 0 radical (unpaired) electrons. The van der Waals surface area contributed by atoms with E-state index in [1.54, 1.807) is 7.11 Å². The number of likely N-dealkylation sites (tertiary alicyclic amines) is 1. The second-order valence-electron chi connectivity index (χ2n) is 12.1. The number of amides is 1. The van der Waals surface area contributed by atoms with E-state index in [4.69, 9.17) is 9.72 Å². The number of allylic oxidation sites excluding steroid dienone is 1. The molecule has 1 saturated heterocycles. The highest BCUT2D eigenvalue weighted by atomic mass is 16.5. The number of piperidine rings is 1. The molecule has 5 rings (SSSR count). The standard InChI is InChI=1S/C34H44N4O2.C3H8O/c1-6-26-20-28(14-15-29(26)27-16-18-37(19-17-27)34(39)7-2)40-22-31-23(3)10-8-11-30(31)32-12-9-13-33(36-32)38-25(5)24(4)21-35-38;1-3-4-2/h9,12-15,20-21,23,27H,6-8,10-11,16-19,22H2,1-5H3;3H2,1-2H3. The van der Waals surface area contributed by atoms with Crippen molar-refractivity contribution in [1.29, 1.82) is 0 Å². The monoisotopic (exact) mass is 600 g/mol. The van der Waals surface area contributed by atoms with Crippen molar-refractivity contribution in [2.24, 2.45) is 5.92 Å². The Balaban J connectivity index is 0.00000104. The minimum atomic E-state index is 0.275. The number of nitrogens with zero attached hydrogens (tertiary/aromatic N) is 4. The number of carbonyl (C=O) groups excluding carboxylic acids is 1. The first kappa shape index (κ1) is 33.4. The maximum atomic E-state index is 12.1. The van der Waals surface area contributed by atoms with Crippen LogP contribution in [0.3, 0.4) is 0 Å². The van der Waals surface area contributed by atoms with Crippen molar-refractivity contribution in [2.45, 2.75) is 92.4 Å². The van der Waals surface area contributed by atoms with Crippen LogP contribution in [0.1, 0.15) is 100 Å². The average Bonchev–Trinajstić information content (AvgIpc) is 3.41. The zero-order valence-corrected chi connectivity index (χ0v) is 28.0. The summed E-state index contributed by atoms with van der Waals surface area (Å²) in [7, 11) is 1.68. The summed E-state index contributed by atoms with van der Waals surface area (Å²) < 4.78 is 13.0. The third-order valence-electron chi connectivity index (χ3n) is 9.33. The lowest BCUT2D eigenvalue weighted by Crippen LogP contribution is -2.37. The molecule has 2 aromatic heterocycles. The fourth-order valence-corrected chi connectivity index (χ4v) is 6.37. The van der Waals surface area contributed by atoms with E-state index < -0.39 is 0 Å². The molecule has 1 unspecified atom stereocenters. The Morgan fingerprint density at radius 3 is 2.43 bits per heavy atom. The van der Waals surface area contributed by atoms with E-state index >= 15 is 0 Å². The summed E-state index contributed by atoms with van der Waals surface area (Å²) in [6.07, 6.45) is 8.92. The first-order valence-corrected chi connectivity index (χ1v) is 16.5. The highest BCUT2D eigenvalue weighted by Crippen LogP contribution is 2.37. The number of aryl methyl sites for hydroxylation is 2. The Hall–Kier alpha value is -3.45. The van der Waals surface area contributed by atoms with Crippen molar-refractivity contribution in [1.82, 2.24) is 19.7 Å². The van der Waals surface area contributed by atoms with Crippen LogP contribution < -0.4 is 4.74 Å². The van der Waals surface area contributed by atoms with Gasteiger partial charge in [0, 0.05) is 38.9 Å². The first-order chi connectivity index (χ1) is 21.3. The smallest absolute Gasteiger partial charge is 0.222 e. The summed E-state index contributed by atoms with van der Waals surface area (Å²) in [5.74, 6) is 3.05. The Kier molecular flexibility index (Phi) is 12.2. The Morgan fingerprint density at radius 1 is 1.05 bits per heavy atom. The molecule has 1 aromatic carbocycles. The molecule has 0 spiro atoms. The highest BCUT2D eigenvalue weighted by Gasteiger charge is 2.25. The molecule has 1 atom stereocenters. The van der Waals surface area contributed by atoms with Crippen LogP contribution in [0, 0.1) is 19.8 Å². The van der Waals surface area contributed by atoms with Gasteiger partial charge >= 0.3 is 0 Å². The van der Waals surface area contributed by atoms with E-state index in [0.717, 1.165) is 68.3 Å². The number of aromatic nitrogens is 3. The highest BCUT2D eigenvalue weighted by molar-refractivity contribution is 5.75. The zero-order chi connectivity index (χ0) is 31.6. The average molecular weight is 601 g/mol. The molecule has 238 valence electrons. The van der Waals surface area contributed by atoms with Crippen molar-refractivity contribution in [2.75, 3.05) is 33.4 Å². The summed E-state index contributed by atoms with van der Waals surface area (Å²) in [5.41, 5.74) is 8.79. The molecular weight excluding hydrogens is 548 g/mol. The van der Waals surface area contributed by atoms with E-state index in [1.807, 2.05) is 35.7 Å². The van der Waals surface area contributed by atoms with E-state index in [-0.39, 0.29) is 5.91 Å². The SMILES string of the molecule is CCC(=O)N1CCC(c2ccc(OCC3=C(c4cccc(-n5ncc(C)c5C)n4)CCCC3C)cc2CC)CC1.CCOC. The second kappa shape index (κ2) is 16.0. The molecule has 3 aromatic rings. The van der Waals surface area contributed by atoms with Gasteiger partial charge < -0.3 is 14.4 Å². The molecule has 1 aliphatic carbocycles. The molecule has 1 aliphatic heterocycles. The number of benzene rings is 1. The van der Waals surface area contributed by atoms with Crippen molar-refractivity contribution < 1.29 is 14.3 Å². The lowest BCUT2D eigenvalue weighted by molar-refractivity contribution is -0.131. The molecule has 0 saturated carbocycles. The fraction of sp³-hybridized carbons (Fsp3) is 0.541. The van der Waals surface area contributed by atoms with Gasteiger partial charge in [-0.05, 0) is 123 Å². The molecular formula is C37H52N4O3. The van der Waals surface area contributed by atoms with Crippen molar-refractivity contribution in [3.63, 3.8) is 0 Å². The van der Waals surface area contributed by atoms with Crippen LogP contribution >= 0.6 is 0 Å². The van der Waals surface area contributed by atoms with E-state index in [0.29, 0.717) is 24.9 Å². The number of ether oxygens (including phenoxy) is 2. The Bertz CT molecular complexity index is 1420. The minimum absolute atomic E-state index is 0.275. The van der Waals surface area contributed by atoms with Gasteiger partial charge in [-0.3, -0.25) is 4.79 Å². The van der Waals surface area contributed by atoms with Gasteiger partial charge in [-0.2, -0.15) is 5.10 Å². The molecule has 44 heavy (non-hydrogen) atoms. The van der Waals surface area contributed by atoms with Crippen LogP contribution in [0.4, 0.5) is 0 Å². The van der Waals surface area contributed by atoms with E-state index in [2.05, 4.69) is 67.9 Å². The lowest BCUT2D eigenvalue weighted by atomic mass is 9.82. The molecule has 0 N–H and O–H groups in total. The summed E-state index contributed by atoms with van der Waals surface area (Å²) in [4.78, 5) is 19.2. The summed E-state index contributed by atoms with van der Waals surface area (Å²) in [6.45, 7) is 15.8. The third-order valence-corrected chi connectivity index (χ3v) is 9.33. The number of methoxy groups -OCH3 is 1. The number of carbonyl (C=O) groups is 1. The predicted octanol–water partition coefficient (Wildman–Crippen LogP) is 7.87. The molecule has 7 nitrogen and oxygen atoms in total. The summed E-state index contributed by atoms with van der Waals surface area (Å²) in [5, 5.41) is 4.55. The van der Waals surface area contributed by atoms with Gasteiger partial charge in [-0.1, -0.05) is 32.9 Å². The Labute approximate surface area is 264 Å². The van der Waals surface area contributed by atoms with Crippen molar-refractivity contribution in [3.8, 4) is 11.6 Å². The topological polar surface area (TPSA) is 69.5 Å². The predicted molar refractivity (Wildman–Crippen MR) is 178 cm³/mol. The van der Waals surface area contributed by atoms with Crippen LogP contribution in [0.25, 0.3) is 11.4 Å². The van der Waals surface area contributed by atoms with E-state index in [9.17, 15) is 4.79 Å². The van der Waals surface area contributed by atoms with Crippen molar-refractivity contribution in [3.05, 3.63) is 76.2 Å². The summed E-state index contributed by atoms with van der Waals surface area (Å²) in [6, 6.07) is 12.9. The summed E-state index contributed by atoms with van der Waals surface area (Å²) >= 11 is 0. The number of hydrogen-bond donors (Lipinski definition) is 0. The number of hydrogen-bond acceptors (Lipinski definition) is 5. The maximum absolute atomic E-state index is 12.1. The quantitative estimate of drug-likeness (QED) is 0.250. The largest absolute Gasteiger partial charge is 0.489 e. The van der Waals surface area contributed by atoms with Crippen molar-refractivity contribution >= 4 is 11.5 Å². The van der Waals surface area contributed by atoms with Crippen LogP contribution in [0.5, 0.6) is 5.75 Å². The van der Waals surface area contributed by atoms with Gasteiger partial charge in [0.1, 0.15) is 12.4 Å². The number of pyridine rings is 1. The van der Waals surface area contributed by atoms with Gasteiger partial charge in [-0.15, -0.1) is 0 Å². The van der Waals surface area contributed by atoms with Gasteiger partial charge in [0.15, 0.2) is 5.82 Å². The minimum Gasteiger partial charge on any atom is -0.489 e. The molecule has 2 aliphatic rings. The fourth-order valence-electron chi connectivity index (χ4n) is 6.37. The molecule has 3 heterocycles. The molecule has 1 amide bonds. The first-order valence-electron chi connectivity index (χ1n) is 16.5. The van der Waals surface area contributed by atoms with Gasteiger partial charge in [0.2, 0.25) is 5.91 Å². The van der Waals surface area contributed by atoms with Crippen LogP contribution in [-0.2, 0) is 16.0 Å². The van der Waals surface area contributed by atoms with Gasteiger partial charge in [0.05, 0.1) is 11.9 Å².